The average Bonchev–Trinajstić information content (AvgIpc) is 3.25. The number of benzene rings is 1. The van der Waals surface area contributed by atoms with Crippen molar-refractivity contribution >= 4 is 27.5 Å². The first kappa shape index (κ1) is 18.3. The average molecular weight is 400 g/mol. The molecule has 0 fully saturated rings. The first-order valence-corrected chi connectivity index (χ1v) is 9.40. The van der Waals surface area contributed by atoms with Gasteiger partial charge in [0.05, 0.1) is 16.3 Å². The summed E-state index contributed by atoms with van der Waals surface area (Å²) in [6.07, 6.45) is 1.57. The minimum atomic E-state index is -1.29. The van der Waals surface area contributed by atoms with Crippen LogP contribution in [-0.2, 0) is 13.0 Å². The lowest BCUT2D eigenvalue weighted by atomic mass is 10.1. The van der Waals surface area contributed by atoms with Gasteiger partial charge in [-0.15, -0.1) is 11.3 Å². The van der Waals surface area contributed by atoms with E-state index in [0.29, 0.717) is 40.6 Å². The van der Waals surface area contributed by atoms with E-state index in [1.54, 1.807) is 11.5 Å². The molecule has 1 aliphatic heterocycles. The zero-order chi connectivity index (χ0) is 20.0. The molecule has 3 heterocycles. The van der Waals surface area contributed by atoms with Crippen LogP contribution in [0.3, 0.4) is 0 Å². The van der Waals surface area contributed by atoms with Gasteiger partial charge in [-0.1, -0.05) is 6.07 Å². The smallest absolute Gasteiger partial charge is 0.263 e. The largest absolute Gasteiger partial charge is 0.332 e. The highest BCUT2D eigenvalue weighted by Gasteiger charge is 2.25. The van der Waals surface area contributed by atoms with Crippen LogP contribution in [-0.4, -0.2) is 15.5 Å². The van der Waals surface area contributed by atoms with Crippen LogP contribution in [0.5, 0.6) is 0 Å². The third-order valence-electron chi connectivity index (χ3n) is 4.80. The lowest BCUT2D eigenvalue weighted by molar-refractivity contribution is 0.0948. The van der Waals surface area contributed by atoms with Crippen LogP contribution in [0, 0.1) is 29.9 Å². The van der Waals surface area contributed by atoms with E-state index in [-0.39, 0.29) is 16.0 Å². The van der Waals surface area contributed by atoms with Crippen molar-refractivity contribution in [3.63, 3.8) is 0 Å². The molecular weight excluding hydrogens is 386 g/mol. The molecule has 3 aromatic rings. The maximum Gasteiger partial charge on any atom is 0.263 e. The van der Waals surface area contributed by atoms with Gasteiger partial charge in [0.25, 0.3) is 11.5 Å². The highest BCUT2D eigenvalue weighted by atomic mass is 32.1. The number of halogens is 2. The molecule has 0 spiro atoms. The zero-order valence-electron chi connectivity index (χ0n) is 14.8. The molecule has 0 aliphatic carbocycles. The van der Waals surface area contributed by atoms with Crippen LogP contribution in [0.15, 0.2) is 23.0 Å². The van der Waals surface area contributed by atoms with Crippen LogP contribution >= 0.6 is 11.3 Å². The predicted octanol–water partition coefficient (Wildman–Crippen LogP) is 2.99. The van der Waals surface area contributed by atoms with E-state index in [4.69, 9.17) is 0 Å². The Morgan fingerprint density at radius 3 is 2.93 bits per heavy atom. The molecule has 4 rings (SSSR count). The molecule has 1 unspecified atom stereocenters. The van der Waals surface area contributed by atoms with Crippen molar-refractivity contribution in [2.75, 3.05) is 0 Å². The molecular formula is C19H14F2N4O2S. The number of aryl methyl sites for hydroxylation is 2. The quantitative estimate of drug-likeness (QED) is 0.732. The monoisotopic (exact) mass is 400 g/mol. The predicted molar refractivity (Wildman–Crippen MR) is 99.1 cm³/mol. The topological polar surface area (TPSA) is 87.8 Å². The van der Waals surface area contributed by atoms with Gasteiger partial charge in [-0.2, -0.15) is 5.26 Å². The highest BCUT2D eigenvalue weighted by molar-refractivity contribution is 7.20. The number of nitrogens with one attached hydrogen (secondary N) is 1. The summed E-state index contributed by atoms with van der Waals surface area (Å²) in [5.41, 5.74) is 0.174. The highest BCUT2D eigenvalue weighted by Crippen LogP contribution is 2.29. The molecule has 1 amide bonds. The van der Waals surface area contributed by atoms with E-state index in [2.05, 4.69) is 10.3 Å². The molecule has 2 aromatic heterocycles. The Kier molecular flexibility index (Phi) is 4.43. The second-order valence-electron chi connectivity index (χ2n) is 6.53. The van der Waals surface area contributed by atoms with E-state index in [1.807, 2.05) is 6.07 Å². The molecule has 0 saturated carbocycles. The Morgan fingerprint density at radius 1 is 1.43 bits per heavy atom. The van der Waals surface area contributed by atoms with E-state index < -0.39 is 23.6 Å². The summed E-state index contributed by atoms with van der Waals surface area (Å²) in [7, 11) is 0. The van der Waals surface area contributed by atoms with E-state index in [9.17, 15) is 23.6 Å². The van der Waals surface area contributed by atoms with E-state index in [1.165, 1.54) is 0 Å². The van der Waals surface area contributed by atoms with Crippen molar-refractivity contribution in [3.8, 4) is 6.07 Å². The summed E-state index contributed by atoms with van der Waals surface area (Å²) >= 11 is 1.07. The summed E-state index contributed by atoms with van der Waals surface area (Å²) in [6, 6.07) is 3.31. The van der Waals surface area contributed by atoms with E-state index >= 15 is 0 Å². The number of hydrogen-bond acceptors (Lipinski definition) is 5. The van der Waals surface area contributed by atoms with Gasteiger partial charge >= 0.3 is 0 Å². The van der Waals surface area contributed by atoms with Crippen molar-refractivity contribution in [3.05, 3.63) is 62.0 Å². The number of hydrogen-bond donors (Lipinski definition) is 1. The summed E-state index contributed by atoms with van der Waals surface area (Å²) < 4.78 is 28.7. The molecule has 28 heavy (non-hydrogen) atoms. The SMILES string of the molecule is Cc1c(C(=O)NC(C#N)c2ccc(F)cc2F)sc2nc3n(c(=O)c12)CCC3. The Balaban J connectivity index is 1.71. The molecule has 9 heteroatoms. The fourth-order valence-electron chi connectivity index (χ4n) is 3.40. The molecule has 1 aliphatic rings. The van der Waals surface area contributed by atoms with Gasteiger partial charge in [0.1, 0.15) is 28.3 Å². The zero-order valence-corrected chi connectivity index (χ0v) is 15.6. The fraction of sp³-hybridized carbons (Fsp3) is 0.263. The van der Waals surface area contributed by atoms with Gasteiger partial charge in [0, 0.05) is 24.6 Å². The van der Waals surface area contributed by atoms with Crippen LogP contribution in [0.2, 0.25) is 0 Å². The summed E-state index contributed by atoms with van der Waals surface area (Å²) in [5.74, 6) is -1.60. The van der Waals surface area contributed by atoms with Crippen LogP contribution in [0.1, 0.15) is 39.1 Å². The van der Waals surface area contributed by atoms with Crippen molar-refractivity contribution in [2.24, 2.45) is 0 Å². The number of nitrogens with zero attached hydrogens (tertiary/aromatic N) is 3. The standard InChI is InChI=1S/C19H14F2N4O2S/c1-9-15-18(24-14-3-2-6-25(14)19(15)27)28-16(9)17(26)23-13(8-22)11-5-4-10(20)7-12(11)21/h4-5,7,13H,2-3,6H2,1H3,(H,23,26). The van der Waals surface area contributed by atoms with E-state index in [0.717, 1.165) is 29.9 Å². The number of carbonyl (C=O) groups is 1. The molecule has 0 radical (unpaired) electrons. The summed E-state index contributed by atoms with van der Waals surface area (Å²) in [6.45, 7) is 2.26. The number of aromatic nitrogens is 2. The maximum atomic E-state index is 14.0. The Morgan fingerprint density at radius 2 is 2.21 bits per heavy atom. The van der Waals surface area contributed by atoms with Gasteiger partial charge < -0.3 is 5.32 Å². The Labute approximate surface area is 162 Å². The van der Waals surface area contributed by atoms with Crippen molar-refractivity contribution in [1.29, 1.82) is 5.26 Å². The van der Waals surface area contributed by atoms with Crippen LogP contribution < -0.4 is 10.9 Å². The van der Waals surface area contributed by atoms with Crippen LogP contribution in [0.4, 0.5) is 8.78 Å². The second kappa shape index (κ2) is 6.80. The maximum absolute atomic E-state index is 14.0. The van der Waals surface area contributed by atoms with Gasteiger partial charge in [-0.3, -0.25) is 14.2 Å². The lowest BCUT2D eigenvalue weighted by Crippen LogP contribution is -2.28. The minimum absolute atomic E-state index is 0.131. The normalized spacial score (nSPS) is 13.9. The molecule has 142 valence electrons. The number of fused-ring (bicyclic) bond motifs is 2. The molecule has 6 nitrogen and oxygen atoms in total. The van der Waals surface area contributed by atoms with Crippen molar-refractivity contribution < 1.29 is 13.6 Å². The van der Waals surface area contributed by atoms with Gasteiger partial charge in [0.2, 0.25) is 0 Å². The molecule has 0 bridgehead atoms. The summed E-state index contributed by atoms with van der Waals surface area (Å²) in [4.78, 5) is 30.7. The lowest BCUT2D eigenvalue weighted by Gasteiger charge is -2.12. The first-order valence-electron chi connectivity index (χ1n) is 8.59. The third kappa shape index (κ3) is 2.86. The Bertz CT molecular complexity index is 1230. The number of carbonyl (C=O) groups excluding carboxylic acids is 1. The van der Waals surface area contributed by atoms with Crippen LogP contribution in [0.25, 0.3) is 10.2 Å². The number of nitriles is 1. The van der Waals surface area contributed by atoms with Gasteiger partial charge in [0.15, 0.2) is 0 Å². The third-order valence-corrected chi connectivity index (χ3v) is 5.98. The number of rotatable bonds is 3. The van der Waals surface area contributed by atoms with Gasteiger partial charge in [-0.05, 0) is 25.0 Å². The Hall–Kier alpha value is -3.12. The minimum Gasteiger partial charge on any atom is -0.332 e. The van der Waals surface area contributed by atoms with Crippen molar-refractivity contribution in [1.82, 2.24) is 14.9 Å². The second-order valence-corrected chi connectivity index (χ2v) is 7.53. The van der Waals surface area contributed by atoms with Crippen molar-refractivity contribution in [2.45, 2.75) is 32.4 Å². The number of thiophene rings is 1. The fourth-order valence-corrected chi connectivity index (χ4v) is 4.50. The molecule has 1 N–H and O–H groups in total. The number of amides is 1. The molecule has 1 aromatic carbocycles. The first-order chi connectivity index (χ1) is 13.4. The van der Waals surface area contributed by atoms with Gasteiger partial charge in [-0.25, -0.2) is 13.8 Å². The summed E-state index contributed by atoms with van der Waals surface area (Å²) in [5, 5.41) is 12.2. The molecule has 1 atom stereocenters. The molecule has 0 saturated heterocycles.